The molecule has 0 spiro atoms. The van der Waals surface area contributed by atoms with Crippen LogP contribution in [0.4, 0.5) is 5.13 Å². The smallest absolute Gasteiger partial charge is 0.226 e. The van der Waals surface area contributed by atoms with E-state index in [0.29, 0.717) is 24.4 Å². The molecule has 0 aliphatic heterocycles. The first kappa shape index (κ1) is 15.8. The van der Waals surface area contributed by atoms with E-state index in [1.807, 2.05) is 36.4 Å². The molecule has 0 saturated heterocycles. The van der Waals surface area contributed by atoms with Crippen molar-refractivity contribution in [2.75, 3.05) is 5.32 Å². The first-order valence-electron chi connectivity index (χ1n) is 7.21. The molecule has 1 amide bonds. The van der Waals surface area contributed by atoms with Gasteiger partial charge in [0.05, 0.1) is 6.26 Å². The van der Waals surface area contributed by atoms with Gasteiger partial charge in [-0.1, -0.05) is 29.8 Å². The van der Waals surface area contributed by atoms with Crippen LogP contribution in [0.1, 0.15) is 22.6 Å². The number of thiazole rings is 1. The minimum absolute atomic E-state index is 0.0694. The Morgan fingerprint density at radius 1 is 1.26 bits per heavy atom. The third-order valence-corrected chi connectivity index (χ3v) is 4.58. The van der Waals surface area contributed by atoms with E-state index in [9.17, 15) is 4.79 Å². The van der Waals surface area contributed by atoms with Crippen LogP contribution in [0.25, 0.3) is 0 Å². The molecular formula is C17H15ClN2O2S. The van der Waals surface area contributed by atoms with Crippen LogP contribution in [-0.4, -0.2) is 10.9 Å². The highest BCUT2D eigenvalue weighted by molar-refractivity contribution is 7.15. The second-order valence-electron chi connectivity index (χ2n) is 5.03. The van der Waals surface area contributed by atoms with Crippen LogP contribution in [0, 0.1) is 0 Å². The standard InChI is InChI=1S/C17H15ClN2O2S/c18-15-6-2-1-4-12(15)10-14-11-19-17(23-14)20-16(21)8-7-13-5-3-9-22-13/h1-6,9,11H,7-8,10H2,(H,19,20,21). The molecule has 0 fully saturated rings. The summed E-state index contributed by atoms with van der Waals surface area (Å²) in [6.45, 7) is 0. The molecule has 1 N–H and O–H groups in total. The molecule has 3 rings (SSSR count). The van der Waals surface area contributed by atoms with Crippen molar-refractivity contribution < 1.29 is 9.21 Å². The fraction of sp³-hybridized carbons (Fsp3) is 0.176. The third kappa shape index (κ3) is 4.43. The number of aromatic nitrogens is 1. The van der Waals surface area contributed by atoms with Crippen LogP contribution in [-0.2, 0) is 17.6 Å². The van der Waals surface area contributed by atoms with Gasteiger partial charge in [-0.25, -0.2) is 4.98 Å². The van der Waals surface area contributed by atoms with Gasteiger partial charge in [0.25, 0.3) is 0 Å². The van der Waals surface area contributed by atoms with Gasteiger partial charge < -0.3 is 9.73 Å². The number of furan rings is 1. The Morgan fingerprint density at radius 3 is 2.91 bits per heavy atom. The lowest BCUT2D eigenvalue weighted by molar-refractivity contribution is -0.116. The second kappa shape index (κ2) is 7.44. The molecule has 4 nitrogen and oxygen atoms in total. The first-order valence-corrected chi connectivity index (χ1v) is 8.40. The van der Waals surface area contributed by atoms with Gasteiger partial charge >= 0.3 is 0 Å². The van der Waals surface area contributed by atoms with E-state index in [1.165, 1.54) is 11.3 Å². The largest absolute Gasteiger partial charge is 0.469 e. The second-order valence-corrected chi connectivity index (χ2v) is 6.55. The molecule has 0 atom stereocenters. The minimum atomic E-state index is -0.0694. The zero-order valence-corrected chi connectivity index (χ0v) is 13.9. The van der Waals surface area contributed by atoms with Crippen LogP contribution in [0.3, 0.4) is 0 Å². The van der Waals surface area contributed by atoms with E-state index in [1.54, 1.807) is 12.5 Å². The summed E-state index contributed by atoms with van der Waals surface area (Å²) in [7, 11) is 0. The molecule has 3 aromatic rings. The first-order chi connectivity index (χ1) is 11.2. The number of halogens is 1. The van der Waals surface area contributed by atoms with Gasteiger partial charge in [0.15, 0.2) is 5.13 Å². The Labute approximate surface area is 143 Å². The number of nitrogens with zero attached hydrogens (tertiary/aromatic N) is 1. The maximum Gasteiger partial charge on any atom is 0.226 e. The van der Waals surface area contributed by atoms with Gasteiger partial charge in [0, 0.05) is 35.4 Å². The molecule has 118 valence electrons. The van der Waals surface area contributed by atoms with E-state index < -0.39 is 0 Å². The quantitative estimate of drug-likeness (QED) is 0.712. The van der Waals surface area contributed by atoms with E-state index in [-0.39, 0.29) is 5.91 Å². The predicted octanol–water partition coefficient (Wildman–Crippen LogP) is 4.55. The summed E-state index contributed by atoms with van der Waals surface area (Å²) >= 11 is 7.62. The summed E-state index contributed by atoms with van der Waals surface area (Å²) in [4.78, 5) is 17.2. The number of nitrogens with one attached hydrogen (secondary N) is 1. The Kier molecular flexibility index (Phi) is 5.10. The fourth-order valence-corrected chi connectivity index (χ4v) is 3.20. The van der Waals surface area contributed by atoms with Crippen LogP contribution in [0.15, 0.2) is 53.3 Å². The number of amides is 1. The summed E-state index contributed by atoms with van der Waals surface area (Å²) in [6, 6.07) is 11.4. The number of carbonyl (C=O) groups excluding carboxylic acids is 1. The number of hydrogen-bond acceptors (Lipinski definition) is 4. The molecule has 0 saturated carbocycles. The lowest BCUT2D eigenvalue weighted by Gasteiger charge is -2.01. The van der Waals surface area contributed by atoms with Gasteiger partial charge in [-0.15, -0.1) is 11.3 Å². The summed E-state index contributed by atoms with van der Waals surface area (Å²) in [6.07, 6.45) is 5.04. The van der Waals surface area contributed by atoms with Crippen LogP contribution >= 0.6 is 22.9 Å². The Hall–Kier alpha value is -2.11. The normalized spacial score (nSPS) is 10.7. The van der Waals surface area contributed by atoms with Crippen molar-refractivity contribution in [3.8, 4) is 0 Å². The molecule has 2 heterocycles. The van der Waals surface area contributed by atoms with Crippen molar-refractivity contribution in [2.45, 2.75) is 19.3 Å². The highest BCUT2D eigenvalue weighted by Gasteiger charge is 2.09. The van der Waals surface area contributed by atoms with Crippen molar-refractivity contribution in [3.05, 3.63) is 70.1 Å². The number of carbonyl (C=O) groups is 1. The molecular weight excluding hydrogens is 332 g/mol. The number of benzene rings is 1. The number of aryl methyl sites for hydroxylation is 1. The van der Waals surface area contributed by atoms with Crippen molar-refractivity contribution >= 4 is 34.0 Å². The Morgan fingerprint density at radius 2 is 2.13 bits per heavy atom. The average molecular weight is 347 g/mol. The number of rotatable bonds is 6. The molecule has 0 aliphatic carbocycles. The van der Waals surface area contributed by atoms with Crippen LogP contribution in [0.2, 0.25) is 5.02 Å². The maximum atomic E-state index is 11.9. The molecule has 0 aliphatic rings. The molecule has 0 unspecified atom stereocenters. The van der Waals surface area contributed by atoms with Gasteiger partial charge in [-0.05, 0) is 23.8 Å². The predicted molar refractivity (Wildman–Crippen MR) is 92.0 cm³/mol. The van der Waals surface area contributed by atoms with E-state index in [4.69, 9.17) is 16.0 Å². The number of hydrogen-bond donors (Lipinski definition) is 1. The van der Waals surface area contributed by atoms with Crippen molar-refractivity contribution in [2.24, 2.45) is 0 Å². The highest BCUT2D eigenvalue weighted by Crippen LogP contribution is 2.24. The molecule has 6 heteroatoms. The van der Waals surface area contributed by atoms with Gasteiger partial charge in [0.2, 0.25) is 5.91 Å². The zero-order valence-electron chi connectivity index (χ0n) is 12.3. The molecule has 0 radical (unpaired) electrons. The fourth-order valence-electron chi connectivity index (χ4n) is 2.15. The van der Waals surface area contributed by atoms with Crippen LogP contribution in [0.5, 0.6) is 0 Å². The average Bonchev–Trinajstić information content (AvgIpc) is 3.19. The highest BCUT2D eigenvalue weighted by atomic mass is 35.5. The van der Waals surface area contributed by atoms with Crippen molar-refractivity contribution in [1.82, 2.24) is 4.98 Å². The molecule has 1 aromatic carbocycles. The monoisotopic (exact) mass is 346 g/mol. The summed E-state index contributed by atoms with van der Waals surface area (Å²) in [5.41, 5.74) is 1.05. The molecule has 2 aromatic heterocycles. The topological polar surface area (TPSA) is 55.1 Å². The summed E-state index contributed by atoms with van der Waals surface area (Å²) in [5, 5.41) is 4.17. The summed E-state index contributed by atoms with van der Waals surface area (Å²) < 4.78 is 5.21. The lowest BCUT2D eigenvalue weighted by Crippen LogP contribution is -2.11. The lowest BCUT2D eigenvalue weighted by atomic mass is 10.1. The van der Waals surface area contributed by atoms with Gasteiger partial charge in [-0.3, -0.25) is 4.79 Å². The Balaban J connectivity index is 1.54. The van der Waals surface area contributed by atoms with Crippen molar-refractivity contribution in [1.29, 1.82) is 0 Å². The van der Waals surface area contributed by atoms with Crippen LogP contribution < -0.4 is 5.32 Å². The van der Waals surface area contributed by atoms with E-state index >= 15 is 0 Å². The Bertz CT molecular complexity index is 784. The van der Waals surface area contributed by atoms with Gasteiger partial charge in [-0.2, -0.15) is 0 Å². The van der Waals surface area contributed by atoms with Gasteiger partial charge in [0.1, 0.15) is 5.76 Å². The minimum Gasteiger partial charge on any atom is -0.469 e. The maximum absolute atomic E-state index is 11.9. The van der Waals surface area contributed by atoms with E-state index in [2.05, 4.69) is 10.3 Å². The molecule has 0 bridgehead atoms. The summed E-state index contributed by atoms with van der Waals surface area (Å²) in [5.74, 6) is 0.735. The molecule has 23 heavy (non-hydrogen) atoms. The SMILES string of the molecule is O=C(CCc1ccco1)Nc1ncc(Cc2ccccc2Cl)s1. The third-order valence-electron chi connectivity index (χ3n) is 3.30. The number of anilines is 1. The van der Waals surface area contributed by atoms with Crippen molar-refractivity contribution in [3.63, 3.8) is 0 Å². The zero-order chi connectivity index (χ0) is 16.1. The van der Waals surface area contributed by atoms with E-state index in [0.717, 1.165) is 21.2 Å².